The molecule has 0 saturated carbocycles. The molecule has 0 bridgehead atoms. The number of aromatic nitrogens is 1. The summed E-state index contributed by atoms with van der Waals surface area (Å²) in [6.45, 7) is 1.94. The van der Waals surface area contributed by atoms with Crippen LogP contribution >= 0.6 is 11.6 Å². The number of hydrogen-bond donors (Lipinski definition) is 3. The molecule has 10 heteroatoms. The highest BCUT2D eigenvalue weighted by Gasteiger charge is 2.19. The first-order chi connectivity index (χ1) is 16.3. The van der Waals surface area contributed by atoms with Crippen molar-refractivity contribution in [1.82, 2.24) is 4.68 Å². The molecular weight excluding hydrogens is 462 g/mol. The van der Waals surface area contributed by atoms with Crippen LogP contribution < -0.4 is 10.7 Å². The van der Waals surface area contributed by atoms with Crippen LogP contribution in [0.25, 0.3) is 11.3 Å². The summed E-state index contributed by atoms with van der Waals surface area (Å²) in [5.41, 5.74) is 4.92. The number of halogens is 1. The van der Waals surface area contributed by atoms with E-state index in [1.165, 1.54) is 28.9 Å². The number of carboxylic acid groups (broad SMARTS) is 1. The summed E-state index contributed by atoms with van der Waals surface area (Å²) in [7, 11) is 0. The minimum atomic E-state index is -0.990. The van der Waals surface area contributed by atoms with E-state index in [1.807, 2.05) is 0 Å². The van der Waals surface area contributed by atoms with Crippen LogP contribution in [0.15, 0.2) is 60.7 Å². The Balaban J connectivity index is 1.77. The minimum Gasteiger partial charge on any atom is -0.481 e. The van der Waals surface area contributed by atoms with Crippen LogP contribution in [-0.4, -0.2) is 40.1 Å². The molecule has 0 radical (unpaired) electrons. The van der Waals surface area contributed by atoms with Gasteiger partial charge in [-0.2, -0.15) is 0 Å². The van der Waals surface area contributed by atoms with Gasteiger partial charge in [0.2, 0.25) is 0 Å². The number of nitrogens with zero attached hydrogens (tertiary/aromatic N) is 1. The Hall–Kier alpha value is -4.11. The van der Waals surface area contributed by atoms with Crippen LogP contribution in [0.1, 0.15) is 29.4 Å². The summed E-state index contributed by atoms with van der Waals surface area (Å²) in [4.78, 5) is 47.9. The number of hydrogen-bond acceptors (Lipinski definition) is 5. The van der Waals surface area contributed by atoms with E-state index in [-0.39, 0.29) is 19.4 Å². The molecule has 34 heavy (non-hydrogen) atoms. The molecule has 9 nitrogen and oxygen atoms in total. The largest absolute Gasteiger partial charge is 0.481 e. The fourth-order valence-corrected chi connectivity index (χ4v) is 3.26. The van der Waals surface area contributed by atoms with Gasteiger partial charge in [0.1, 0.15) is 0 Å². The average Bonchev–Trinajstić information content (AvgIpc) is 3.21. The Morgan fingerprint density at radius 3 is 2.24 bits per heavy atom. The summed E-state index contributed by atoms with van der Waals surface area (Å²) < 4.78 is 6.30. The number of anilines is 1. The summed E-state index contributed by atoms with van der Waals surface area (Å²) in [5, 5.41) is 12.0. The lowest BCUT2D eigenvalue weighted by atomic mass is 10.2. The molecule has 1 aromatic heterocycles. The van der Waals surface area contributed by atoms with Crippen LogP contribution in [0, 0.1) is 0 Å². The van der Waals surface area contributed by atoms with Gasteiger partial charge in [-0.25, -0.2) is 4.79 Å². The van der Waals surface area contributed by atoms with E-state index in [0.29, 0.717) is 33.2 Å². The summed E-state index contributed by atoms with van der Waals surface area (Å²) in [5.74, 6) is -3.38. The highest BCUT2D eigenvalue weighted by atomic mass is 35.5. The standard InChI is InChI=1S/C24H22ClN3O6/c1-2-34-24(33)16-5-9-18(10-6-16)26-22(31)23(32)27-28-19(12-14-21(29)30)11-13-20(28)15-3-7-17(25)8-4-15/h3-11,13H,2,12,14H2,1H3,(H,26,31)(H,27,32)(H,29,30). The molecule has 0 spiro atoms. The van der Waals surface area contributed by atoms with Crippen LogP contribution in [0.4, 0.5) is 5.69 Å². The smallest absolute Gasteiger partial charge is 0.338 e. The Morgan fingerprint density at radius 2 is 1.62 bits per heavy atom. The van der Waals surface area contributed by atoms with Crippen molar-refractivity contribution in [3.8, 4) is 11.3 Å². The molecule has 2 amide bonds. The van der Waals surface area contributed by atoms with Crippen molar-refractivity contribution < 1.29 is 29.0 Å². The van der Waals surface area contributed by atoms with Crippen molar-refractivity contribution >= 4 is 41.0 Å². The van der Waals surface area contributed by atoms with Gasteiger partial charge >= 0.3 is 23.8 Å². The number of ether oxygens (including phenoxy) is 1. The number of amides is 2. The van der Waals surface area contributed by atoms with E-state index in [1.54, 1.807) is 43.3 Å². The van der Waals surface area contributed by atoms with Crippen molar-refractivity contribution in [3.63, 3.8) is 0 Å². The lowest BCUT2D eigenvalue weighted by molar-refractivity contribution is -0.137. The second kappa shape index (κ2) is 11.2. The van der Waals surface area contributed by atoms with Gasteiger partial charge in [-0.15, -0.1) is 0 Å². The van der Waals surface area contributed by atoms with E-state index in [2.05, 4.69) is 10.7 Å². The second-order valence-corrected chi connectivity index (χ2v) is 7.58. The highest BCUT2D eigenvalue weighted by Crippen LogP contribution is 2.24. The minimum absolute atomic E-state index is 0.139. The van der Waals surface area contributed by atoms with E-state index in [9.17, 15) is 19.2 Å². The number of carbonyl (C=O) groups excluding carboxylic acids is 3. The monoisotopic (exact) mass is 483 g/mol. The van der Waals surface area contributed by atoms with Gasteiger partial charge in [0, 0.05) is 28.4 Å². The number of benzene rings is 2. The van der Waals surface area contributed by atoms with Gasteiger partial charge in [0.25, 0.3) is 0 Å². The lowest BCUT2D eigenvalue weighted by Crippen LogP contribution is -2.35. The van der Waals surface area contributed by atoms with Gasteiger partial charge in [0.05, 0.1) is 24.3 Å². The van der Waals surface area contributed by atoms with Gasteiger partial charge in [-0.3, -0.25) is 24.5 Å². The Kier molecular flexibility index (Phi) is 8.05. The summed E-state index contributed by atoms with van der Waals surface area (Å²) in [6.07, 6.45) is -0.0148. The van der Waals surface area contributed by atoms with E-state index in [4.69, 9.17) is 21.4 Å². The molecule has 3 N–H and O–H groups in total. The van der Waals surface area contributed by atoms with E-state index in [0.717, 1.165) is 0 Å². The molecule has 0 atom stereocenters. The van der Waals surface area contributed by atoms with Crippen molar-refractivity contribution in [3.05, 3.63) is 76.9 Å². The van der Waals surface area contributed by atoms with Crippen LogP contribution in [0.2, 0.25) is 5.02 Å². The number of nitrogens with one attached hydrogen (secondary N) is 2. The lowest BCUT2D eigenvalue weighted by Gasteiger charge is -2.15. The van der Waals surface area contributed by atoms with Gasteiger partial charge in [-0.1, -0.05) is 23.7 Å². The van der Waals surface area contributed by atoms with Crippen LogP contribution in [0.3, 0.4) is 0 Å². The molecule has 0 unspecified atom stereocenters. The zero-order valence-corrected chi connectivity index (χ0v) is 19.0. The number of esters is 1. The van der Waals surface area contributed by atoms with Crippen LogP contribution in [0.5, 0.6) is 0 Å². The first kappa shape index (κ1) is 24.5. The van der Waals surface area contributed by atoms with Crippen LogP contribution in [-0.2, 0) is 25.5 Å². The number of aliphatic carboxylic acids is 1. The third-order valence-electron chi connectivity index (χ3n) is 4.77. The fraction of sp³-hybridized carbons (Fsp3) is 0.167. The highest BCUT2D eigenvalue weighted by molar-refractivity contribution is 6.42. The molecule has 2 aromatic carbocycles. The third kappa shape index (κ3) is 6.23. The maximum Gasteiger partial charge on any atom is 0.338 e. The molecule has 0 aliphatic rings. The second-order valence-electron chi connectivity index (χ2n) is 7.14. The SMILES string of the molecule is CCOC(=O)c1ccc(NC(=O)C(=O)Nn2c(CCC(=O)O)ccc2-c2ccc(Cl)cc2)cc1. The summed E-state index contributed by atoms with van der Waals surface area (Å²) in [6, 6.07) is 16.1. The van der Waals surface area contributed by atoms with Crippen molar-refractivity contribution in [2.45, 2.75) is 19.8 Å². The number of carbonyl (C=O) groups is 4. The zero-order valence-electron chi connectivity index (χ0n) is 18.2. The fourth-order valence-electron chi connectivity index (χ4n) is 3.13. The van der Waals surface area contributed by atoms with Gasteiger partial charge in [-0.05, 0) is 55.5 Å². The topological polar surface area (TPSA) is 127 Å². The number of carboxylic acids is 1. The quantitative estimate of drug-likeness (QED) is 0.331. The molecule has 3 rings (SSSR count). The summed E-state index contributed by atoms with van der Waals surface area (Å²) >= 11 is 5.95. The zero-order chi connectivity index (χ0) is 24.7. The maximum absolute atomic E-state index is 12.6. The molecule has 0 saturated heterocycles. The first-order valence-electron chi connectivity index (χ1n) is 10.4. The number of rotatable bonds is 8. The van der Waals surface area contributed by atoms with Crippen molar-refractivity contribution in [1.29, 1.82) is 0 Å². The predicted molar refractivity (Wildman–Crippen MR) is 126 cm³/mol. The van der Waals surface area contributed by atoms with Gasteiger partial charge < -0.3 is 15.2 Å². The molecule has 176 valence electrons. The Labute approximate surface area is 200 Å². The molecule has 0 aliphatic heterocycles. The first-order valence-corrected chi connectivity index (χ1v) is 10.7. The molecule has 0 aliphatic carbocycles. The van der Waals surface area contributed by atoms with E-state index < -0.39 is 23.8 Å². The number of aryl methyl sites for hydroxylation is 1. The average molecular weight is 484 g/mol. The van der Waals surface area contributed by atoms with Crippen molar-refractivity contribution in [2.24, 2.45) is 0 Å². The molecule has 0 fully saturated rings. The Bertz CT molecular complexity index is 1200. The third-order valence-corrected chi connectivity index (χ3v) is 5.02. The van der Waals surface area contributed by atoms with Crippen molar-refractivity contribution in [2.75, 3.05) is 17.3 Å². The molecule has 3 aromatic rings. The molecule has 1 heterocycles. The normalized spacial score (nSPS) is 10.4. The van der Waals surface area contributed by atoms with Gasteiger partial charge in [0.15, 0.2) is 0 Å². The van der Waals surface area contributed by atoms with E-state index >= 15 is 0 Å². The Morgan fingerprint density at radius 1 is 0.941 bits per heavy atom. The molecular formula is C24H22ClN3O6. The maximum atomic E-state index is 12.6. The predicted octanol–water partition coefficient (Wildman–Crippen LogP) is 3.71.